The zero-order chi connectivity index (χ0) is 16.7. The van der Waals surface area contributed by atoms with E-state index in [1.165, 1.54) is 4.31 Å². The van der Waals surface area contributed by atoms with Crippen molar-refractivity contribution in [2.75, 3.05) is 22.4 Å². The summed E-state index contributed by atoms with van der Waals surface area (Å²) >= 11 is 0. The zero-order valence-electron chi connectivity index (χ0n) is 12.8. The molecule has 122 valence electrons. The van der Waals surface area contributed by atoms with Crippen LogP contribution in [0.4, 0.5) is 11.4 Å². The largest absolute Gasteiger partial charge is 0.325 e. The molecule has 0 unspecified atom stereocenters. The summed E-state index contributed by atoms with van der Waals surface area (Å²) < 4.78 is 25.1. The summed E-state index contributed by atoms with van der Waals surface area (Å²) in [5.41, 5.74) is 1.23. The van der Waals surface area contributed by atoms with Crippen LogP contribution in [-0.2, 0) is 14.8 Å². The standard InChI is InChI=1S/C16H19N3O3S/c1-23(21,22)19(15-8-3-2-4-9-15)12-6-10-16(20)18-14-7-5-11-17-13-14/h2-5,7-9,11,13H,6,10,12H2,1H3,(H,18,20). The van der Waals surface area contributed by atoms with Crippen LogP contribution in [0, 0.1) is 0 Å². The van der Waals surface area contributed by atoms with Crippen LogP contribution in [0.2, 0.25) is 0 Å². The number of hydrogen-bond donors (Lipinski definition) is 1. The lowest BCUT2D eigenvalue weighted by Crippen LogP contribution is -2.31. The van der Waals surface area contributed by atoms with Gasteiger partial charge >= 0.3 is 0 Å². The van der Waals surface area contributed by atoms with Gasteiger partial charge in [-0.1, -0.05) is 18.2 Å². The van der Waals surface area contributed by atoms with E-state index >= 15 is 0 Å². The summed E-state index contributed by atoms with van der Waals surface area (Å²) in [5.74, 6) is -0.167. The van der Waals surface area contributed by atoms with Crippen LogP contribution in [0.25, 0.3) is 0 Å². The minimum Gasteiger partial charge on any atom is -0.325 e. The molecule has 0 bridgehead atoms. The number of aromatic nitrogens is 1. The second-order valence-corrected chi connectivity index (χ2v) is 6.97. The van der Waals surface area contributed by atoms with E-state index in [4.69, 9.17) is 0 Å². The van der Waals surface area contributed by atoms with Crippen LogP contribution in [-0.4, -0.2) is 32.1 Å². The van der Waals surface area contributed by atoms with E-state index in [0.29, 0.717) is 17.8 Å². The van der Waals surface area contributed by atoms with E-state index in [1.54, 1.807) is 48.8 Å². The number of nitrogens with one attached hydrogen (secondary N) is 1. The minimum atomic E-state index is -3.38. The van der Waals surface area contributed by atoms with Gasteiger partial charge in [0.2, 0.25) is 15.9 Å². The van der Waals surface area contributed by atoms with Crippen molar-refractivity contribution in [3.8, 4) is 0 Å². The number of benzene rings is 1. The molecule has 1 amide bonds. The maximum Gasteiger partial charge on any atom is 0.232 e. The lowest BCUT2D eigenvalue weighted by molar-refractivity contribution is -0.116. The Morgan fingerprint density at radius 1 is 1.17 bits per heavy atom. The Balaban J connectivity index is 1.91. The highest BCUT2D eigenvalue weighted by Gasteiger charge is 2.17. The van der Waals surface area contributed by atoms with Crippen molar-refractivity contribution in [3.05, 3.63) is 54.9 Å². The van der Waals surface area contributed by atoms with Gasteiger partial charge in [-0.05, 0) is 30.7 Å². The predicted molar refractivity (Wildman–Crippen MR) is 90.7 cm³/mol. The number of amides is 1. The van der Waals surface area contributed by atoms with E-state index in [9.17, 15) is 13.2 Å². The van der Waals surface area contributed by atoms with Gasteiger partial charge in [-0.15, -0.1) is 0 Å². The highest BCUT2D eigenvalue weighted by Crippen LogP contribution is 2.17. The van der Waals surface area contributed by atoms with Crippen molar-refractivity contribution < 1.29 is 13.2 Å². The van der Waals surface area contributed by atoms with Crippen molar-refractivity contribution in [2.24, 2.45) is 0 Å². The van der Waals surface area contributed by atoms with E-state index < -0.39 is 10.0 Å². The Hall–Kier alpha value is -2.41. The molecule has 0 aliphatic heterocycles. The lowest BCUT2D eigenvalue weighted by atomic mass is 10.2. The number of para-hydroxylation sites is 1. The molecule has 6 nitrogen and oxygen atoms in total. The minimum absolute atomic E-state index is 0.167. The normalized spacial score (nSPS) is 11.0. The van der Waals surface area contributed by atoms with E-state index in [-0.39, 0.29) is 18.9 Å². The molecule has 0 saturated carbocycles. The number of rotatable bonds is 7. The average molecular weight is 333 g/mol. The van der Waals surface area contributed by atoms with Gasteiger partial charge in [0.15, 0.2) is 0 Å². The second kappa shape index (κ2) is 7.73. The smallest absolute Gasteiger partial charge is 0.232 e. The van der Waals surface area contributed by atoms with Crippen molar-refractivity contribution in [3.63, 3.8) is 0 Å². The number of hydrogen-bond acceptors (Lipinski definition) is 4. The van der Waals surface area contributed by atoms with Gasteiger partial charge in [0.05, 0.1) is 23.8 Å². The molecule has 0 fully saturated rings. The Kier molecular flexibility index (Phi) is 5.70. The molecule has 0 saturated heterocycles. The first-order valence-corrected chi connectivity index (χ1v) is 9.04. The first kappa shape index (κ1) is 17.0. The summed E-state index contributed by atoms with van der Waals surface area (Å²) in [6.45, 7) is 0.253. The third-order valence-electron chi connectivity index (χ3n) is 3.15. The van der Waals surface area contributed by atoms with E-state index in [0.717, 1.165) is 6.26 Å². The zero-order valence-corrected chi connectivity index (χ0v) is 13.7. The van der Waals surface area contributed by atoms with Crippen LogP contribution in [0.5, 0.6) is 0 Å². The summed E-state index contributed by atoms with van der Waals surface area (Å²) in [5, 5.41) is 2.72. The third kappa shape index (κ3) is 5.37. The number of carbonyl (C=O) groups is 1. The van der Waals surface area contributed by atoms with Crippen LogP contribution in [0.15, 0.2) is 54.9 Å². The van der Waals surface area contributed by atoms with E-state index in [2.05, 4.69) is 10.3 Å². The molecule has 1 aromatic heterocycles. The molecule has 0 atom stereocenters. The van der Waals surface area contributed by atoms with Gasteiger partial charge in [-0.2, -0.15) is 0 Å². The maximum atomic E-state index is 11.9. The topological polar surface area (TPSA) is 79.4 Å². The number of anilines is 2. The van der Waals surface area contributed by atoms with Crippen molar-refractivity contribution in [1.82, 2.24) is 4.98 Å². The molecule has 1 aromatic carbocycles. The second-order valence-electron chi connectivity index (χ2n) is 5.06. The van der Waals surface area contributed by atoms with Crippen molar-refractivity contribution in [2.45, 2.75) is 12.8 Å². The Bertz CT molecular complexity index is 734. The van der Waals surface area contributed by atoms with Crippen LogP contribution >= 0.6 is 0 Å². The Morgan fingerprint density at radius 3 is 2.52 bits per heavy atom. The fraction of sp³-hybridized carbons (Fsp3) is 0.250. The molecule has 1 N–H and O–H groups in total. The number of carbonyl (C=O) groups excluding carboxylic acids is 1. The van der Waals surface area contributed by atoms with Crippen LogP contribution < -0.4 is 9.62 Å². The number of pyridine rings is 1. The molecule has 2 aromatic rings. The van der Waals surface area contributed by atoms with Crippen molar-refractivity contribution in [1.29, 1.82) is 0 Å². The SMILES string of the molecule is CS(=O)(=O)N(CCCC(=O)Nc1cccnc1)c1ccccc1. The predicted octanol–water partition coefficient (Wildman–Crippen LogP) is 2.27. The van der Waals surface area contributed by atoms with Crippen molar-refractivity contribution >= 4 is 27.3 Å². The molecule has 7 heteroatoms. The summed E-state index contributed by atoms with van der Waals surface area (Å²) in [7, 11) is -3.38. The summed E-state index contributed by atoms with van der Waals surface area (Å²) in [4.78, 5) is 15.8. The fourth-order valence-corrected chi connectivity index (χ4v) is 3.09. The molecule has 2 rings (SSSR count). The maximum absolute atomic E-state index is 11.9. The van der Waals surface area contributed by atoms with Gasteiger partial charge in [0.25, 0.3) is 0 Å². The first-order chi connectivity index (χ1) is 11.0. The van der Waals surface area contributed by atoms with Gasteiger partial charge in [-0.25, -0.2) is 8.42 Å². The highest BCUT2D eigenvalue weighted by molar-refractivity contribution is 7.92. The first-order valence-electron chi connectivity index (χ1n) is 7.19. The third-order valence-corrected chi connectivity index (χ3v) is 4.35. The number of sulfonamides is 1. The van der Waals surface area contributed by atoms with Gasteiger partial charge in [0.1, 0.15) is 0 Å². The van der Waals surface area contributed by atoms with Crippen LogP contribution in [0.3, 0.4) is 0 Å². The quantitative estimate of drug-likeness (QED) is 0.843. The molecular formula is C16H19N3O3S. The highest BCUT2D eigenvalue weighted by atomic mass is 32.2. The molecule has 0 spiro atoms. The molecule has 23 heavy (non-hydrogen) atoms. The Labute approximate surface area is 136 Å². The summed E-state index contributed by atoms with van der Waals surface area (Å²) in [6, 6.07) is 12.3. The Morgan fingerprint density at radius 2 is 1.91 bits per heavy atom. The summed E-state index contributed by atoms with van der Waals surface area (Å²) in [6.07, 6.45) is 5.00. The molecule has 1 heterocycles. The number of nitrogens with zero attached hydrogens (tertiary/aromatic N) is 2. The molecule has 0 aliphatic rings. The molecule has 0 radical (unpaired) electrons. The molecule has 0 aliphatic carbocycles. The van der Waals surface area contributed by atoms with Gasteiger partial charge in [0, 0.05) is 19.2 Å². The average Bonchev–Trinajstić information content (AvgIpc) is 2.52. The van der Waals surface area contributed by atoms with Gasteiger partial charge in [-0.3, -0.25) is 14.1 Å². The van der Waals surface area contributed by atoms with E-state index in [1.807, 2.05) is 6.07 Å². The lowest BCUT2D eigenvalue weighted by Gasteiger charge is -2.22. The van der Waals surface area contributed by atoms with Crippen LogP contribution in [0.1, 0.15) is 12.8 Å². The monoisotopic (exact) mass is 333 g/mol. The van der Waals surface area contributed by atoms with Gasteiger partial charge < -0.3 is 5.32 Å². The fourth-order valence-electron chi connectivity index (χ4n) is 2.12. The molecular weight excluding hydrogens is 314 g/mol.